The second kappa shape index (κ2) is 8.39. The summed E-state index contributed by atoms with van der Waals surface area (Å²) in [6.45, 7) is 1.40. The quantitative estimate of drug-likeness (QED) is 0.642. The number of hydrogen-bond donors (Lipinski definition) is 1. The average molecular weight is 371 g/mol. The van der Waals surface area contributed by atoms with E-state index in [1.165, 1.54) is 5.56 Å². The Hall–Kier alpha value is -3.00. The second-order valence-electron chi connectivity index (χ2n) is 5.43. The molecule has 1 amide bonds. The maximum Gasteiger partial charge on any atom is 0.344 e. The summed E-state index contributed by atoms with van der Waals surface area (Å²) in [5.41, 5.74) is 3.02. The number of nitrogens with zero attached hydrogens (tertiary/aromatic N) is 2. The predicted molar refractivity (Wildman–Crippen MR) is 98.3 cm³/mol. The Balaban J connectivity index is 1.45. The van der Waals surface area contributed by atoms with Gasteiger partial charge in [-0.2, -0.15) is 8.75 Å². The van der Waals surface area contributed by atoms with Crippen molar-refractivity contribution in [2.24, 2.45) is 0 Å². The first-order valence-corrected chi connectivity index (χ1v) is 8.77. The van der Waals surface area contributed by atoms with Gasteiger partial charge in [0.05, 0.1) is 17.4 Å². The lowest BCUT2D eigenvalue weighted by Gasteiger charge is -2.08. The summed E-state index contributed by atoms with van der Waals surface area (Å²) in [5, 5.41) is 2.66. The summed E-state index contributed by atoms with van der Waals surface area (Å²) in [6.07, 6.45) is 0.933. The van der Waals surface area contributed by atoms with Crippen LogP contribution in [0.15, 0.2) is 42.5 Å². The summed E-state index contributed by atoms with van der Waals surface area (Å²) in [6, 6.07) is 12.7. The number of rotatable bonds is 7. The van der Waals surface area contributed by atoms with E-state index in [0.29, 0.717) is 22.5 Å². The molecule has 0 bridgehead atoms. The van der Waals surface area contributed by atoms with Gasteiger partial charge in [0.15, 0.2) is 13.2 Å². The summed E-state index contributed by atoms with van der Waals surface area (Å²) in [5.74, 6) is -0.495. The lowest BCUT2D eigenvalue weighted by molar-refractivity contribution is -0.149. The third-order valence-corrected chi connectivity index (χ3v) is 4.16. The molecule has 0 spiro atoms. The first kappa shape index (κ1) is 17.8. The number of esters is 1. The van der Waals surface area contributed by atoms with E-state index in [4.69, 9.17) is 9.47 Å². The first-order valence-electron chi connectivity index (χ1n) is 8.04. The van der Waals surface area contributed by atoms with Crippen LogP contribution in [-0.4, -0.2) is 33.8 Å². The number of carbonyl (C=O) groups is 2. The Morgan fingerprint density at radius 2 is 1.88 bits per heavy atom. The molecule has 134 valence electrons. The van der Waals surface area contributed by atoms with Gasteiger partial charge in [-0.25, -0.2) is 4.79 Å². The predicted octanol–water partition coefficient (Wildman–Crippen LogP) is 2.81. The minimum absolute atomic E-state index is 0.260. The Morgan fingerprint density at radius 1 is 1.08 bits per heavy atom. The van der Waals surface area contributed by atoms with Crippen molar-refractivity contribution >= 4 is 40.3 Å². The molecule has 7 nitrogen and oxygen atoms in total. The van der Waals surface area contributed by atoms with Crippen LogP contribution in [0.1, 0.15) is 12.5 Å². The fourth-order valence-corrected chi connectivity index (χ4v) is 2.79. The minimum atomic E-state index is -0.617. The van der Waals surface area contributed by atoms with E-state index in [-0.39, 0.29) is 6.61 Å². The Kier molecular flexibility index (Phi) is 5.75. The van der Waals surface area contributed by atoms with Crippen molar-refractivity contribution < 1.29 is 19.1 Å². The molecule has 1 heterocycles. The van der Waals surface area contributed by atoms with Crippen LogP contribution in [0.4, 0.5) is 5.69 Å². The molecule has 2 aromatic carbocycles. The number of aromatic nitrogens is 2. The van der Waals surface area contributed by atoms with Gasteiger partial charge < -0.3 is 14.8 Å². The van der Waals surface area contributed by atoms with Gasteiger partial charge in [-0.05, 0) is 36.2 Å². The molecule has 0 aliphatic carbocycles. The summed E-state index contributed by atoms with van der Waals surface area (Å²) in [7, 11) is 0. The van der Waals surface area contributed by atoms with Gasteiger partial charge in [0, 0.05) is 0 Å². The number of fused-ring (bicyclic) bond motifs is 1. The number of amides is 1. The van der Waals surface area contributed by atoms with Gasteiger partial charge in [-0.3, -0.25) is 4.79 Å². The van der Waals surface area contributed by atoms with Crippen molar-refractivity contribution in [3.05, 3.63) is 48.0 Å². The molecule has 8 heteroatoms. The molecule has 1 aromatic heterocycles. The van der Waals surface area contributed by atoms with Crippen molar-refractivity contribution in [1.29, 1.82) is 0 Å². The summed E-state index contributed by atoms with van der Waals surface area (Å²) < 4.78 is 18.5. The maximum atomic E-state index is 12.0. The number of benzene rings is 2. The first-order chi connectivity index (χ1) is 12.7. The van der Waals surface area contributed by atoms with Gasteiger partial charge >= 0.3 is 5.97 Å². The van der Waals surface area contributed by atoms with Gasteiger partial charge in [-0.15, -0.1) is 0 Å². The largest absolute Gasteiger partial charge is 0.482 e. The van der Waals surface area contributed by atoms with Gasteiger partial charge in [0.25, 0.3) is 5.91 Å². The van der Waals surface area contributed by atoms with E-state index in [0.717, 1.165) is 18.1 Å². The maximum absolute atomic E-state index is 12.0. The topological polar surface area (TPSA) is 90.4 Å². The molecule has 1 N–H and O–H groups in total. The standard InChI is InChI=1S/C18H17N3O4S/c1-2-12-6-8-13(9-7-12)24-11-17(23)25-10-16(22)19-14-4-3-5-15-18(14)21-26-20-15/h3-9H,2,10-11H2,1H3,(H,19,22). The third kappa shape index (κ3) is 4.54. The van der Waals surface area contributed by atoms with E-state index < -0.39 is 18.5 Å². The summed E-state index contributed by atoms with van der Waals surface area (Å²) in [4.78, 5) is 23.7. The van der Waals surface area contributed by atoms with Crippen LogP contribution < -0.4 is 10.1 Å². The number of nitrogens with one attached hydrogen (secondary N) is 1. The average Bonchev–Trinajstić information content (AvgIpc) is 3.15. The zero-order chi connectivity index (χ0) is 18.4. The molecule has 0 aliphatic heterocycles. The van der Waals surface area contributed by atoms with Crippen LogP contribution >= 0.6 is 11.7 Å². The Morgan fingerprint density at radius 3 is 2.65 bits per heavy atom. The van der Waals surface area contributed by atoms with Crippen LogP contribution in [0.25, 0.3) is 11.0 Å². The van der Waals surface area contributed by atoms with Crippen molar-refractivity contribution in [3.8, 4) is 5.75 Å². The van der Waals surface area contributed by atoms with Gasteiger partial charge in [0.2, 0.25) is 0 Å². The Bertz CT molecular complexity index is 908. The molecule has 0 atom stereocenters. The lowest BCUT2D eigenvalue weighted by atomic mass is 10.2. The Labute approximate surface area is 154 Å². The zero-order valence-electron chi connectivity index (χ0n) is 14.1. The molecule has 3 aromatic rings. The highest BCUT2D eigenvalue weighted by molar-refractivity contribution is 7.00. The number of ether oxygens (including phenoxy) is 2. The third-order valence-electron chi connectivity index (χ3n) is 3.61. The normalized spacial score (nSPS) is 10.5. The molecule has 0 fully saturated rings. The molecule has 0 unspecified atom stereocenters. The molecule has 0 saturated heterocycles. The molecule has 0 radical (unpaired) electrons. The monoisotopic (exact) mass is 371 g/mol. The van der Waals surface area contributed by atoms with Crippen molar-refractivity contribution in [2.75, 3.05) is 18.5 Å². The minimum Gasteiger partial charge on any atom is -0.482 e. The van der Waals surface area contributed by atoms with Crippen molar-refractivity contribution in [3.63, 3.8) is 0 Å². The molecular weight excluding hydrogens is 354 g/mol. The van der Waals surface area contributed by atoms with Crippen LogP contribution in [0.2, 0.25) is 0 Å². The number of aryl methyl sites for hydroxylation is 1. The lowest BCUT2D eigenvalue weighted by Crippen LogP contribution is -2.23. The zero-order valence-corrected chi connectivity index (χ0v) is 14.9. The fraction of sp³-hybridized carbons (Fsp3) is 0.222. The van der Waals surface area contributed by atoms with Crippen molar-refractivity contribution in [1.82, 2.24) is 8.75 Å². The molecule has 3 rings (SSSR count). The number of hydrogen-bond acceptors (Lipinski definition) is 7. The fourth-order valence-electron chi connectivity index (χ4n) is 2.24. The second-order valence-corrected chi connectivity index (χ2v) is 5.96. The van der Waals surface area contributed by atoms with Crippen LogP contribution in [-0.2, 0) is 20.7 Å². The number of anilines is 1. The van der Waals surface area contributed by atoms with Crippen LogP contribution in [0.5, 0.6) is 5.75 Å². The molecular formula is C18H17N3O4S. The molecule has 0 saturated carbocycles. The van der Waals surface area contributed by atoms with Crippen molar-refractivity contribution in [2.45, 2.75) is 13.3 Å². The summed E-state index contributed by atoms with van der Waals surface area (Å²) >= 11 is 1.07. The highest BCUT2D eigenvalue weighted by Gasteiger charge is 2.11. The van der Waals surface area contributed by atoms with Gasteiger partial charge in [-0.1, -0.05) is 25.1 Å². The SMILES string of the molecule is CCc1ccc(OCC(=O)OCC(=O)Nc2cccc3nsnc23)cc1. The number of carbonyl (C=O) groups excluding carboxylic acids is 2. The van der Waals surface area contributed by atoms with Crippen LogP contribution in [0, 0.1) is 0 Å². The molecule has 26 heavy (non-hydrogen) atoms. The van der Waals surface area contributed by atoms with E-state index in [9.17, 15) is 9.59 Å². The van der Waals surface area contributed by atoms with Gasteiger partial charge in [0.1, 0.15) is 16.8 Å². The smallest absolute Gasteiger partial charge is 0.344 e. The van der Waals surface area contributed by atoms with E-state index in [1.807, 2.05) is 12.1 Å². The molecule has 0 aliphatic rings. The van der Waals surface area contributed by atoms with Crippen LogP contribution in [0.3, 0.4) is 0 Å². The highest BCUT2D eigenvalue weighted by Crippen LogP contribution is 2.20. The van der Waals surface area contributed by atoms with E-state index >= 15 is 0 Å². The van der Waals surface area contributed by atoms with E-state index in [1.54, 1.807) is 30.3 Å². The highest BCUT2D eigenvalue weighted by atomic mass is 32.1. The van der Waals surface area contributed by atoms with E-state index in [2.05, 4.69) is 21.0 Å².